The Kier molecular flexibility index (Phi) is 2.92. The third-order valence-corrected chi connectivity index (χ3v) is 3.73. The van der Waals surface area contributed by atoms with Gasteiger partial charge in [0.25, 0.3) is 0 Å². The maximum Gasteiger partial charge on any atom is 0.161 e. The van der Waals surface area contributed by atoms with E-state index in [4.69, 9.17) is 14.2 Å². The van der Waals surface area contributed by atoms with E-state index < -0.39 is 0 Å². The van der Waals surface area contributed by atoms with E-state index >= 15 is 0 Å². The van der Waals surface area contributed by atoms with Gasteiger partial charge in [-0.3, -0.25) is 0 Å². The number of hydrogen-bond acceptors (Lipinski definition) is 4. The summed E-state index contributed by atoms with van der Waals surface area (Å²) < 4.78 is 16.7. The number of aryl methyl sites for hydroxylation is 1. The summed E-state index contributed by atoms with van der Waals surface area (Å²) in [5, 5.41) is 3.26. The van der Waals surface area contributed by atoms with Crippen molar-refractivity contribution in [2.24, 2.45) is 0 Å². The van der Waals surface area contributed by atoms with Gasteiger partial charge in [0.2, 0.25) is 0 Å². The van der Waals surface area contributed by atoms with Gasteiger partial charge in [0.1, 0.15) is 13.2 Å². The molecule has 0 bridgehead atoms. The average molecular weight is 249 g/mol. The minimum atomic E-state index is 0.0919. The van der Waals surface area contributed by atoms with E-state index in [1.807, 2.05) is 7.05 Å². The van der Waals surface area contributed by atoms with Crippen LogP contribution in [0.25, 0.3) is 0 Å². The van der Waals surface area contributed by atoms with Crippen LogP contribution < -0.4 is 14.8 Å². The lowest BCUT2D eigenvalue weighted by Gasteiger charge is -2.43. The Morgan fingerprint density at radius 3 is 2.39 bits per heavy atom. The van der Waals surface area contributed by atoms with Crippen LogP contribution in [-0.4, -0.2) is 40.0 Å². The highest BCUT2D eigenvalue weighted by atomic mass is 16.6. The van der Waals surface area contributed by atoms with Gasteiger partial charge in [-0.1, -0.05) is 0 Å². The smallest absolute Gasteiger partial charge is 0.161 e. The zero-order valence-electron chi connectivity index (χ0n) is 10.9. The third-order valence-electron chi connectivity index (χ3n) is 3.73. The number of fused-ring (bicyclic) bond motifs is 1. The molecular weight excluding hydrogens is 230 g/mol. The van der Waals surface area contributed by atoms with Crippen LogP contribution in [0.3, 0.4) is 0 Å². The first-order valence-electron chi connectivity index (χ1n) is 6.38. The molecule has 4 nitrogen and oxygen atoms in total. The number of benzene rings is 1. The molecule has 1 saturated heterocycles. The van der Waals surface area contributed by atoms with Crippen molar-refractivity contribution in [3.8, 4) is 11.5 Å². The summed E-state index contributed by atoms with van der Waals surface area (Å²) in [7, 11) is 1.98. The van der Waals surface area contributed by atoms with Gasteiger partial charge in [-0.25, -0.2) is 0 Å². The monoisotopic (exact) mass is 249 g/mol. The fraction of sp³-hybridized carbons (Fsp3) is 0.571. The first-order valence-corrected chi connectivity index (χ1v) is 6.38. The number of ether oxygens (including phenoxy) is 3. The van der Waals surface area contributed by atoms with Crippen LogP contribution in [0, 0.1) is 6.92 Å². The minimum absolute atomic E-state index is 0.0919. The van der Waals surface area contributed by atoms with Crippen molar-refractivity contribution in [3.63, 3.8) is 0 Å². The van der Waals surface area contributed by atoms with E-state index in [2.05, 4.69) is 24.4 Å². The summed E-state index contributed by atoms with van der Waals surface area (Å²) >= 11 is 0. The summed E-state index contributed by atoms with van der Waals surface area (Å²) in [6, 6.07) is 4.21. The highest BCUT2D eigenvalue weighted by Crippen LogP contribution is 2.40. The molecule has 0 saturated carbocycles. The second-order valence-electron chi connectivity index (χ2n) is 5.11. The Morgan fingerprint density at radius 2 is 1.83 bits per heavy atom. The maximum atomic E-state index is 5.67. The molecule has 1 fully saturated rings. The predicted octanol–water partition coefficient (Wildman–Crippen LogP) is 1.25. The van der Waals surface area contributed by atoms with Crippen molar-refractivity contribution in [1.29, 1.82) is 0 Å². The molecule has 4 heteroatoms. The summed E-state index contributed by atoms with van der Waals surface area (Å²) in [6.45, 7) is 5.86. The molecular formula is C14H19NO3. The largest absolute Gasteiger partial charge is 0.486 e. The number of likely N-dealkylation sites (N-methyl/N-ethyl adjacent to an activating group) is 1. The maximum absolute atomic E-state index is 5.67. The van der Waals surface area contributed by atoms with Gasteiger partial charge in [0, 0.05) is 6.54 Å². The van der Waals surface area contributed by atoms with Crippen molar-refractivity contribution < 1.29 is 14.2 Å². The Balaban J connectivity index is 2.00. The fourth-order valence-corrected chi connectivity index (χ4v) is 2.80. The molecule has 0 aromatic heterocycles. The van der Waals surface area contributed by atoms with E-state index in [1.54, 1.807) is 0 Å². The second kappa shape index (κ2) is 4.44. The highest BCUT2D eigenvalue weighted by Gasteiger charge is 2.41. The Bertz CT molecular complexity index is 455. The zero-order valence-corrected chi connectivity index (χ0v) is 10.9. The molecule has 1 aromatic rings. The van der Waals surface area contributed by atoms with Crippen LogP contribution in [0.1, 0.15) is 11.1 Å². The van der Waals surface area contributed by atoms with Gasteiger partial charge in [-0.15, -0.1) is 0 Å². The first kappa shape index (κ1) is 11.8. The zero-order chi connectivity index (χ0) is 12.6. The summed E-state index contributed by atoms with van der Waals surface area (Å²) in [6.07, 6.45) is 0. The molecule has 0 spiro atoms. The van der Waals surface area contributed by atoms with Gasteiger partial charge >= 0.3 is 0 Å². The quantitative estimate of drug-likeness (QED) is 0.875. The van der Waals surface area contributed by atoms with Gasteiger partial charge in [0.15, 0.2) is 11.5 Å². The Morgan fingerprint density at radius 1 is 1.17 bits per heavy atom. The van der Waals surface area contributed by atoms with E-state index in [1.165, 1.54) is 11.1 Å². The van der Waals surface area contributed by atoms with Crippen LogP contribution in [0.2, 0.25) is 0 Å². The number of hydrogen-bond donors (Lipinski definition) is 1. The van der Waals surface area contributed by atoms with Crippen LogP contribution in [0.4, 0.5) is 0 Å². The molecule has 0 amide bonds. The van der Waals surface area contributed by atoms with Crippen molar-refractivity contribution in [1.82, 2.24) is 5.32 Å². The Hall–Kier alpha value is -1.26. The van der Waals surface area contributed by atoms with Crippen LogP contribution in [0.15, 0.2) is 12.1 Å². The number of nitrogens with one attached hydrogen (secondary N) is 1. The van der Waals surface area contributed by atoms with Crippen LogP contribution in [0.5, 0.6) is 11.5 Å². The van der Waals surface area contributed by atoms with Crippen molar-refractivity contribution in [3.05, 3.63) is 23.3 Å². The van der Waals surface area contributed by atoms with Crippen molar-refractivity contribution in [2.45, 2.75) is 12.3 Å². The number of rotatable bonds is 3. The summed E-state index contributed by atoms with van der Waals surface area (Å²) in [4.78, 5) is 0. The Labute approximate surface area is 107 Å². The van der Waals surface area contributed by atoms with Crippen molar-refractivity contribution >= 4 is 0 Å². The molecule has 1 N–H and O–H groups in total. The van der Waals surface area contributed by atoms with Crippen molar-refractivity contribution in [2.75, 3.05) is 40.0 Å². The summed E-state index contributed by atoms with van der Waals surface area (Å²) in [5.74, 6) is 1.73. The molecule has 2 aliphatic heterocycles. The van der Waals surface area contributed by atoms with Gasteiger partial charge in [-0.05, 0) is 37.2 Å². The SMILES string of the molecule is CNCC1(c2cc3c(cc2C)OCCO3)COC1. The third kappa shape index (κ3) is 1.76. The van der Waals surface area contributed by atoms with E-state index in [0.29, 0.717) is 13.2 Å². The molecule has 0 atom stereocenters. The van der Waals surface area contributed by atoms with Crippen LogP contribution in [-0.2, 0) is 10.2 Å². The van der Waals surface area contributed by atoms with E-state index in [9.17, 15) is 0 Å². The lowest BCUT2D eigenvalue weighted by Crippen LogP contribution is -2.53. The molecule has 98 valence electrons. The molecule has 3 rings (SSSR count). The fourth-order valence-electron chi connectivity index (χ4n) is 2.80. The van der Waals surface area contributed by atoms with Gasteiger partial charge < -0.3 is 19.5 Å². The summed E-state index contributed by atoms with van der Waals surface area (Å²) in [5.41, 5.74) is 2.65. The predicted molar refractivity (Wildman–Crippen MR) is 68.6 cm³/mol. The molecule has 2 heterocycles. The van der Waals surface area contributed by atoms with E-state index in [-0.39, 0.29) is 5.41 Å². The van der Waals surface area contributed by atoms with Gasteiger partial charge in [0.05, 0.1) is 18.6 Å². The second-order valence-corrected chi connectivity index (χ2v) is 5.11. The lowest BCUT2D eigenvalue weighted by molar-refractivity contribution is -0.0587. The average Bonchev–Trinajstić information content (AvgIpc) is 2.33. The van der Waals surface area contributed by atoms with Gasteiger partial charge in [-0.2, -0.15) is 0 Å². The molecule has 2 aliphatic rings. The minimum Gasteiger partial charge on any atom is -0.486 e. The molecule has 1 aromatic carbocycles. The molecule has 0 unspecified atom stereocenters. The van der Waals surface area contributed by atoms with E-state index in [0.717, 1.165) is 31.3 Å². The van der Waals surface area contributed by atoms with Crippen LogP contribution >= 0.6 is 0 Å². The molecule has 18 heavy (non-hydrogen) atoms. The lowest BCUT2D eigenvalue weighted by atomic mass is 9.76. The molecule has 0 aliphatic carbocycles. The highest BCUT2D eigenvalue weighted by molar-refractivity contribution is 5.51. The standard InChI is InChI=1S/C14H19NO3/c1-10-5-12-13(18-4-3-17-12)6-11(10)14(7-15-2)8-16-9-14/h5-6,15H,3-4,7-9H2,1-2H3. The normalized spacial score (nSPS) is 20.3. The molecule has 0 radical (unpaired) electrons. The topological polar surface area (TPSA) is 39.7 Å². The first-order chi connectivity index (χ1) is 8.75.